The molecule has 3 heterocycles. The zero-order chi connectivity index (χ0) is 26.1. The average Bonchev–Trinajstić information content (AvgIpc) is 3.31. The van der Waals surface area contributed by atoms with Gasteiger partial charge in [0.25, 0.3) is 10.0 Å². The molecule has 0 unspecified atom stereocenters. The van der Waals surface area contributed by atoms with Crippen molar-refractivity contribution >= 4 is 26.8 Å². The summed E-state index contributed by atoms with van der Waals surface area (Å²) in [6.07, 6.45) is 3.03. The largest absolute Gasteiger partial charge is 0.356 e. The molecule has 0 radical (unpaired) electrons. The lowest BCUT2D eigenvalue weighted by Gasteiger charge is -2.24. The van der Waals surface area contributed by atoms with Crippen LogP contribution in [-0.2, 0) is 27.3 Å². The molecule has 2 aromatic heterocycles. The van der Waals surface area contributed by atoms with Gasteiger partial charge in [0.15, 0.2) is 0 Å². The van der Waals surface area contributed by atoms with Crippen molar-refractivity contribution in [2.45, 2.75) is 24.3 Å². The number of hydrogen-bond donors (Lipinski definition) is 1. The molecule has 37 heavy (non-hydrogen) atoms. The van der Waals surface area contributed by atoms with Crippen molar-refractivity contribution in [1.82, 2.24) is 34.4 Å². The number of sulfonamides is 1. The minimum atomic E-state index is -3.81. The van der Waals surface area contributed by atoms with E-state index in [1.54, 1.807) is 30.1 Å². The number of carbonyl (C=O) groups is 1. The van der Waals surface area contributed by atoms with E-state index in [-0.39, 0.29) is 28.6 Å². The predicted octanol–water partition coefficient (Wildman–Crippen LogP) is 1.93. The molecule has 0 bridgehead atoms. The number of benzene rings is 2. The fraction of sp³-hybridized carbons (Fsp3) is 0.360. The van der Waals surface area contributed by atoms with Crippen LogP contribution >= 0.6 is 0 Å². The van der Waals surface area contributed by atoms with Gasteiger partial charge in [-0.05, 0) is 66.3 Å². The van der Waals surface area contributed by atoms with Gasteiger partial charge in [0, 0.05) is 44.4 Å². The van der Waals surface area contributed by atoms with Crippen LogP contribution in [0.4, 0.5) is 4.39 Å². The van der Waals surface area contributed by atoms with Crippen LogP contribution in [0.1, 0.15) is 18.1 Å². The van der Waals surface area contributed by atoms with Crippen molar-refractivity contribution in [2.75, 3.05) is 19.6 Å². The first kappa shape index (κ1) is 23.7. The first-order chi connectivity index (χ1) is 17.6. The highest BCUT2D eigenvalue weighted by Crippen LogP contribution is 2.65. The van der Waals surface area contributed by atoms with E-state index in [9.17, 15) is 17.6 Å². The van der Waals surface area contributed by atoms with Gasteiger partial charge in [0.2, 0.25) is 10.9 Å². The van der Waals surface area contributed by atoms with Crippen LogP contribution in [-0.4, -0.2) is 63.0 Å². The number of nitrogens with zero attached hydrogens (tertiary/aromatic N) is 6. The van der Waals surface area contributed by atoms with Crippen LogP contribution in [0, 0.1) is 24.6 Å². The van der Waals surface area contributed by atoms with Gasteiger partial charge in [-0.2, -0.15) is 19.3 Å². The molecule has 6 rings (SSSR count). The molecule has 2 aromatic carbocycles. The van der Waals surface area contributed by atoms with Crippen molar-refractivity contribution in [3.8, 4) is 5.69 Å². The molecular weight excluding hydrogens is 497 g/mol. The SMILES string of the molecule is CC(=O)NC[C@H]1[C@@H]2CN(S(=O)(=O)c3cnn(C)n3)C[C@]12c1cc2cnn(-c3ccc(F)cc3)c2cc1C. The lowest BCUT2D eigenvalue weighted by molar-refractivity contribution is -0.119. The monoisotopic (exact) mass is 523 g/mol. The third kappa shape index (κ3) is 3.65. The Balaban J connectivity index is 1.40. The Hall–Kier alpha value is -3.64. The zero-order valence-electron chi connectivity index (χ0n) is 20.6. The van der Waals surface area contributed by atoms with Gasteiger partial charge in [-0.3, -0.25) is 4.79 Å². The zero-order valence-corrected chi connectivity index (χ0v) is 21.4. The van der Waals surface area contributed by atoms with E-state index in [1.807, 2.05) is 13.0 Å². The van der Waals surface area contributed by atoms with E-state index in [1.165, 1.54) is 34.4 Å². The minimum absolute atomic E-state index is 0.0501. The summed E-state index contributed by atoms with van der Waals surface area (Å²) in [5, 5.41) is 16.2. The Bertz CT molecular complexity index is 1650. The Labute approximate surface area is 213 Å². The molecule has 1 N–H and O–H groups in total. The summed E-state index contributed by atoms with van der Waals surface area (Å²) in [5.41, 5.74) is 3.24. The van der Waals surface area contributed by atoms with Crippen LogP contribution in [0.5, 0.6) is 0 Å². The van der Waals surface area contributed by atoms with E-state index < -0.39 is 15.4 Å². The van der Waals surface area contributed by atoms with Gasteiger partial charge in [0.05, 0.1) is 23.6 Å². The molecule has 2 aliphatic rings. The topological polar surface area (TPSA) is 115 Å². The number of piperidine rings is 1. The number of fused-ring (bicyclic) bond motifs is 2. The minimum Gasteiger partial charge on any atom is -0.356 e. The van der Waals surface area contributed by atoms with Crippen molar-refractivity contribution < 1.29 is 17.6 Å². The quantitative estimate of drug-likeness (QED) is 0.413. The van der Waals surface area contributed by atoms with Gasteiger partial charge >= 0.3 is 0 Å². The molecular formula is C25H26FN7O3S. The van der Waals surface area contributed by atoms with Crippen LogP contribution < -0.4 is 5.32 Å². The maximum Gasteiger partial charge on any atom is 0.264 e. The predicted molar refractivity (Wildman–Crippen MR) is 133 cm³/mol. The van der Waals surface area contributed by atoms with Gasteiger partial charge in [-0.25, -0.2) is 17.5 Å². The summed E-state index contributed by atoms with van der Waals surface area (Å²) in [7, 11) is -2.23. The Morgan fingerprint density at radius 2 is 1.95 bits per heavy atom. The maximum absolute atomic E-state index is 13.4. The average molecular weight is 524 g/mol. The van der Waals surface area contributed by atoms with Crippen LogP contribution in [0.15, 0.2) is 53.8 Å². The molecule has 1 aliphatic carbocycles. The molecule has 12 heteroatoms. The fourth-order valence-electron chi connectivity index (χ4n) is 6.00. The Kier molecular flexibility index (Phi) is 5.25. The van der Waals surface area contributed by atoms with Gasteiger partial charge in [0.1, 0.15) is 5.82 Å². The standard InChI is InChI=1S/C25H26FN7O3S/c1-15-8-23-17(10-29-33(23)19-6-4-18(26)5-7-19)9-20(15)25-14-32(13-22(25)21(25)11-27-16(2)34)37(35,36)24-12-28-31(3)30-24/h4-10,12,21-22H,11,13-14H2,1-3H3,(H,27,34)/t21-,22-,25-/m0/s1. The van der Waals surface area contributed by atoms with E-state index in [4.69, 9.17) is 0 Å². The third-order valence-corrected chi connectivity index (χ3v) is 9.45. The molecule has 0 spiro atoms. The molecule has 2 fully saturated rings. The summed E-state index contributed by atoms with van der Waals surface area (Å²) in [6.45, 7) is 4.60. The number of rotatable bonds is 6. The highest BCUT2D eigenvalue weighted by atomic mass is 32.2. The van der Waals surface area contributed by atoms with Crippen molar-refractivity contribution in [3.63, 3.8) is 0 Å². The summed E-state index contributed by atoms with van der Waals surface area (Å²) >= 11 is 0. The first-order valence-electron chi connectivity index (χ1n) is 12.0. The number of aromatic nitrogens is 5. The van der Waals surface area contributed by atoms with E-state index in [0.29, 0.717) is 19.6 Å². The molecule has 1 saturated heterocycles. The summed E-state index contributed by atoms with van der Waals surface area (Å²) in [6, 6.07) is 10.3. The van der Waals surface area contributed by atoms with Crippen LogP contribution in [0.3, 0.4) is 0 Å². The number of hydrogen-bond acceptors (Lipinski definition) is 6. The first-order valence-corrected chi connectivity index (χ1v) is 13.4. The van der Waals surface area contributed by atoms with Crippen molar-refractivity contribution in [1.29, 1.82) is 0 Å². The molecule has 1 amide bonds. The number of nitrogens with one attached hydrogen (secondary N) is 1. The number of carbonyl (C=O) groups excluding carboxylic acids is 1. The Morgan fingerprint density at radius 1 is 1.19 bits per heavy atom. The molecule has 1 aliphatic heterocycles. The van der Waals surface area contributed by atoms with Gasteiger partial charge in [-0.15, -0.1) is 5.10 Å². The van der Waals surface area contributed by atoms with E-state index >= 15 is 0 Å². The second kappa shape index (κ2) is 8.18. The summed E-state index contributed by atoms with van der Waals surface area (Å²) < 4.78 is 43.4. The molecule has 192 valence electrons. The van der Waals surface area contributed by atoms with Crippen molar-refractivity contribution in [2.24, 2.45) is 18.9 Å². The Morgan fingerprint density at radius 3 is 2.62 bits per heavy atom. The number of halogens is 1. The summed E-state index contributed by atoms with van der Waals surface area (Å²) in [5.74, 6) is -0.274. The van der Waals surface area contributed by atoms with Crippen LogP contribution in [0.25, 0.3) is 16.6 Å². The normalized spacial score (nSPS) is 23.4. The maximum atomic E-state index is 13.4. The van der Waals surface area contributed by atoms with Gasteiger partial charge < -0.3 is 5.32 Å². The molecule has 4 aromatic rings. The van der Waals surface area contributed by atoms with Crippen LogP contribution in [0.2, 0.25) is 0 Å². The highest BCUT2D eigenvalue weighted by Gasteiger charge is 2.71. The molecule has 3 atom stereocenters. The van der Waals surface area contributed by atoms with E-state index in [0.717, 1.165) is 27.7 Å². The summed E-state index contributed by atoms with van der Waals surface area (Å²) in [4.78, 5) is 12.9. The lowest BCUT2D eigenvalue weighted by Crippen LogP contribution is -2.37. The van der Waals surface area contributed by atoms with E-state index in [2.05, 4.69) is 26.7 Å². The fourth-order valence-corrected chi connectivity index (χ4v) is 7.40. The molecule has 10 nitrogen and oxygen atoms in total. The third-order valence-electron chi connectivity index (χ3n) is 7.78. The molecule has 1 saturated carbocycles. The van der Waals surface area contributed by atoms with Gasteiger partial charge in [-0.1, -0.05) is 0 Å². The second-order valence-electron chi connectivity index (χ2n) is 9.92. The smallest absolute Gasteiger partial charge is 0.264 e. The number of aryl methyl sites for hydroxylation is 2. The highest BCUT2D eigenvalue weighted by molar-refractivity contribution is 7.89. The lowest BCUT2D eigenvalue weighted by atomic mass is 9.88. The van der Waals surface area contributed by atoms with Crippen molar-refractivity contribution in [3.05, 3.63) is 65.7 Å². The second-order valence-corrected chi connectivity index (χ2v) is 11.8. The number of amides is 1.